The Morgan fingerprint density at radius 2 is 1.26 bits per heavy atom. The van der Waals surface area contributed by atoms with Gasteiger partial charge in [0, 0.05) is 55.4 Å². The molecule has 2 atom stereocenters. The third kappa shape index (κ3) is 5.00. The monoisotopic (exact) mass is 574 g/mol. The van der Waals surface area contributed by atoms with Crippen molar-refractivity contribution in [3.63, 3.8) is 0 Å². The summed E-state index contributed by atoms with van der Waals surface area (Å²) in [6, 6.07) is 6.82. The molecule has 0 N–H and O–H groups in total. The lowest BCUT2D eigenvalue weighted by Crippen LogP contribution is -2.57. The van der Waals surface area contributed by atoms with E-state index in [4.69, 9.17) is 42.1 Å². The first kappa shape index (κ1) is 27.8. The number of hydrogen-bond acceptors (Lipinski definition) is 7. The van der Waals surface area contributed by atoms with E-state index in [1.807, 2.05) is 6.07 Å². The van der Waals surface area contributed by atoms with Crippen molar-refractivity contribution in [2.24, 2.45) is 5.92 Å². The number of ether oxygens (including phenoxy) is 4. The highest BCUT2D eigenvalue weighted by Gasteiger charge is 2.60. The van der Waals surface area contributed by atoms with Crippen molar-refractivity contribution >= 4 is 41.1 Å². The summed E-state index contributed by atoms with van der Waals surface area (Å²) < 4.78 is 23.5. The quantitative estimate of drug-likeness (QED) is 0.276. The van der Waals surface area contributed by atoms with E-state index in [0.29, 0.717) is 22.8 Å². The molecule has 2 aromatic carbocycles. The highest BCUT2D eigenvalue weighted by Crippen LogP contribution is 2.65. The largest absolute Gasteiger partial charge is 0.482 e. The second-order valence-corrected chi connectivity index (χ2v) is 11.7. The number of fused-ring (bicyclic) bond motifs is 4. The molecule has 2 aromatic rings. The van der Waals surface area contributed by atoms with Gasteiger partial charge < -0.3 is 18.9 Å². The molecule has 2 saturated carbocycles. The van der Waals surface area contributed by atoms with Gasteiger partial charge >= 0.3 is 17.9 Å². The second-order valence-electron chi connectivity index (χ2n) is 10.8. The molecule has 2 fully saturated rings. The van der Waals surface area contributed by atoms with Gasteiger partial charge in [-0.25, -0.2) is 0 Å². The van der Waals surface area contributed by atoms with Crippen LogP contribution in [0.5, 0.6) is 23.0 Å². The summed E-state index contributed by atoms with van der Waals surface area (Å²) in [6.07, 6.45) is 8.72. The Hall–Kier alpha value is -2.77. The Morgan fingerprint density at radius 1 is 0.718 bits per heavy atom. The first-order valence-corrected chi connectivity index (χ1v) is 14.2. The van der Waals surface area contributed by atoms with Crippen molar-refractivity contribution in [3.05, 3.63) is 45.4 Å². The van der Waals surface area contributed by atoms with Crippen LogP contribution in [0.1, 0.15) is 89.7 Å². The van der Waals surface area contributed by atoms with Gasteiger partial charge in [-0.1, -0.05) is 48.9 Å². The highest BCUT2D eigenvalue weighted by molar-refractivity contribution is 6.32. The summed E-state index contributed by atoms with van der Waals surface area (Å²) in [5.74, 6) is -0.275. The predicted molar refractivity (Wildman–Crippen MR) is 146 cm³/mol. The Kier molecular flexibility index (Phi) is 7.59. The second kappa shape index (κ2) is 10.7. The van der Waals surface area contributed by atoms with Crippen LogP contribution in [-0.2, 0) is 25.4 Å². The minimum absolute atomic E-state index is 0.0483. The van der Waals surface area contributed by atoms with E-state index in [-0.39, 0.29) is 33.6 Å². The average molecular weight is 575 g/mol. The molecule has 208 valence electrons. The van der Waals surface area contributed by atoms with Crippen LogP contribution in [-0.4, -0.2) is 17.9 Å². The van der Waals surface area contributed by atoms with E-state index < -0.39 is 23.5 Å². The van der Waals surface area contributed by atoms with Crippen molar-refractivity contribution in [2.75, 3.05) is 0 Å². The Balaban J connectivity index is 1.76. The fourth-order valence-corrected chi connectivity index (χ4v) is 7.53. The normalized spacial score (nSPS) is 23.2. The smallest absolute Gasteiger partial charge is 0.308 e. The van der Waals surface area contributed by atoms with Gasteiger partial charge in [0.1, 0.15) is 17.1 Å². The molecule has 7 nitrogen and oxygen atoms in total. The van der Waals surface area contributed by atoms with E-state index in [1.54, 1.807) is 12.1 Å². The van der Waals surface area contributed by atoms with Crippen LogP contribution in [0, 0.1) is 5.92 Å². The minimum Gasteiger partial charge on any atom is -0.482 e. The molecule has 3 aliphatic rings. The molecular weight excluding hydrogens is 543 g/mol. The molecule has 1 spiro atoms. The molecule has 0 unspecified atom stereocenters. The maximum atomic E-state index is 12.2. The summed E-state index contributed by atoms with van der Waals surface area (Å²) in [4.78, 5) is 35.8. The van der Waals surface area contributed by atoms with Gasteiger partial charge in [0.25, 0.3) is 0 Å². The topological polar surface area (TPSA) is 88.1 Å². The maximum absolute atomic E-state index is 12.2. The molecule has 5 rings (SSSR count). The molecule has 2 aliphatic carbocycles. The van der Waals surface area contributed by atoms with E-state index in [1.165, 1.54) is 26.8 Å². The average Bonchev–Trinajstić information content (AvgIpc) is 2.87. The molecule has 9 heteroatoms. The number of benzene rings is 2. The standard InChI is InChI=1S/C30H32Cl2O7/c1-17(33)36-24-15-26(37-18(2)34)23(32)14-21(24)30-12-8-5-9-28(30)29(10-6-4-7-11-29)20-13-22(31)27(38-19(3)35)16-25(20)39-30/h13-16,28H,4-12H2,1-3H3/t28-,30+/m1/s1. The van der Waals surface area contributed by atoms with Crippen LogP contribution in [0.3, 0.4) is 0 Å². The lowest BCUT2D eigenvalue weighted by molar-refractivity contribution is -0.133. The van der Waals surface area contributed by atoms with Gasteiger partial charge in [-0.3, -0.25) is 14.4 Å². The van der Waals surface area contributed by atoms with E-state index in [0.717, 1.165) is 56.9 Å². The third-order valence-electron chi connectivity index (χ3n) is 8.38. The zero-order valence-electron chi connectivity index (χ0n) is 22.4. The number of halogens is 2. The van der Waals surface area contributed by atoms with Gasteiger partial charge in [0.2, 0.25) is 0 Å². The molecule has 0 amide bonds. The molecule has 39 heavy (non-hydrogen) atoms. The van der Waals surface area contributed by atoms with E-state index in [9.17, 15) is 14.4 Å². The first-order chi connectivity index (χ1) is 18.6. The third-order valence-corrected chi connectivity index (χ3v) is 8.97. The fourth-order valence-electron chi connectivity index (χ4n) is 7.13. The van der Waals surface area contributed by atoms with Crippen molar-refractivity contribution in [3.8, 4) is 23.0 Å². The van der Waals surface area contributed by atoms with Crippen molar-refractivity contribution in [1.82, 2.24) is 0 Å². The minimum atomic E-state index is -0.882. The number of rotatable bonds is 4. The SMILES string of the molecule is CC(=O)Oc1cc2c(cc1Cl)C1(CCCCC1)[C@H]1CCCC[C@@]1(c1cc(Cl)c(OC(C)=O)cc1OC(C)=O)O2. The van der Waals surface area contributed by atoms with E-state index >= 15 is 0 Å². The van der Waals surface area contributed by atoms with Crippen molar-refractivity contribution in [2.45, 2.75) is 89.6 Å². The number of esters is 3. The Morgan fingerprint density at radius 3 is 1.87 bits per heavy atom. The van der Waals surface area contributed by atoms with Gasteiger partial charge in [-0.2, -0.15) is 0 Å². The number of carbonyl (C=O) groups excluding carboxylic acids is 3. The highest BCUT2D eigenvalue weighted by atomic mass is 35.5. The predicted octanol–water partition coefficient (Wildman–Crippen LogP) is 7.45. The Labute approximate surface area is 238 Å². The summed E-state index contributed by atoms with van der Waals surface area (Å²) in [5, 5.41) is 0.591. The summed E-state index contributed by atoms with van der Waals surface area (Å²) in [6.45, 7) is 3.94. The van der Waals surface area contributed by atoms with Crippen LogP contribution >= 0.6 is 23.2 Å². The lowest BCUT2D eigenvalue weighted by Gasteiger charge is -2.59. The van der Waals surface area contributed by atoms with Crippen LogP contribution in [0.4, 0.5) is 0 Å². The lowest BCUT2D eigenvalue weighted by atomic mass is 9.51. The summed E-state index contributed by atoms with van der Waals surface area (Å²) in [5.41, 5.74) is 0.553. The number of hydrogen-bond donors (Lipinski definition) is 0. The van der Waals surface area contributed by atoms with Gasteiger partial charge in [0.15, 0.2) is 11.5 Å². The Bertz CT molecular complexity index is 1330. The van der Waals surface area contributed by atoms with Gasteiger partial charge in [-0.15, -0.1) is 0 Å². The summed E-state index contributed by atoms with van der Waals surface area (Å²) >= 11 is 13.3. The maximum Gasteiger partial charge on any atom is 0.308 e. The molecular formula is C30H32Cl2O7. The zero-order valence-corrected chi connectivity index (χ0v) is 23.9. The number of carbonyl (C=O) groups is 3. The molecule has 1 heterocycles. The van der Waals surface area contributed by atoms with Crippen LogP contribution in [0.25, 0.3) is 0 Å². The van der Waals surface area contributed by atoms with Crippen LogP contribution in [0.2, 0.25) is 10.0 Å². The van der Waals surface area contributed by atoms with Crippen LogP contribution in [0.15, 0.2) is 24.3 Å². The van der Waals surface area contributed by atoms with Crippen molar-refractivity contribution in [1.29, 1.82) is 0 Å². The zero-order chi connectivity index (χ0) is 27.9. The molecule has 0 bridgehead atoms. The first-order valence-electron chi connectivity index (χ1n) is 13.5. The van der Waals surface area contributed by atoms with Crippen LogP contribution < -0.4 is 18.9 Å². The fraction of sp³-hybridized carbons (Fsp3) is 0.500. The van der Waals surface area contributed by atoms with E-state index in [2.05, 4.69) is 0 Å². The van der Waals surface area contributed by atoms with Crippen molar-refractivity contribution < 1.29 is 33.3 Å². The van der Waals surface area contributed by atoms with Gasteiger partial charge in [0.05, 0.1) is 10.0 Å². The summed E-state index contributed by atoms with van der Waals surface area (Å²) in [7, 11) is 0. The molecule has 1 aliphatic heterocycles. The molecule has 0 saturated heterocycles. The molecule has 0 radical (unpaired) electrons. The van der Waals surface area contributed by atoms with Gasteiger partial charge in [-0.05, 0) is 44.2 Å². The molecule has 0 aromatic heterocycles.